The topological polar surface area (TPSA) is 95.3 Å². The summed E-state index contributed by atoms with van der Waals surface area (Å²) in [5.74, 6) is -0.426. The molecule has 1 fully saturated rings. The van der Waals surface area contributed by atoms with Gasteiger partial charge in [0.15, 0.2) is 0 Å². The van der Waals surface area contributed by atoms with Gasteiger partial charge in [-0.1, -0.05) is 11.6 Å². The van der Waals surface area contributed by atoms with Crippen molar-refractivity contribution in [1.29, 1.82) is 0 Å². The molecule has 8 nitrogen and oxygen atoms in total. The Kier molecular flexibility index (Phi) is 5.34. The summed E-state index contributed by atoms with van der Waals surface area (Å²) in [5.41, 5.74) is 1.33. The van der Waals surface area contributed by atoms with E-state index < -0.39 is 17.7 Å². The van der Waals surface area contributed by atoms with E-state index in [9.17, 15) is 9.59 Å². The van der Waals surface area contributed by atoms with Gasteiger partial charge in [-0.3, -0.25) is 0 Å². The number of fused-ring (bicyclic) bond motifs is 1. The monoisotopic (exact) mass is 374 g/mol. The molecule has 0 unspecified atom stereocenters. The van der Waals surface area contributed by atoms with E-state index in [4.69, 9.17) is 9.47 Å². The molecule has 8 heteroatoms. The Labute approximate surface area is 158 Å². The van der Waals surface area contributed by atoms with Crippen molar-refractivity contribution in [3.63, 3.8) is 0 Å². The summed E-state index contributed by atoms with van der Waals surface area (Å²) in [6.45, 7) is 5.44. The molecule has 2 atom stereocenters. The predicted octanol–water partition coefficient (Wildman–Crippen LogP) is 2.96. The van der Waals surface area contributed by atoms with Crippen molar-refractivity contribution in [1.82, 2.24) is 20.3 Å². The van der Waals surface area contributed by atoms with E-state index in [1.165, 1.54) is 0 Å². The second-order valence-electron chi connectivity index (χ2n) is 7.90. The van der Waals surface area contributed by atoms with E-state index in [0.717, 1.165) is 24.8 Å². The van der Waals surface area contributed by atoms with Crippen LogP contribution in [-0.4, -0.2) is 44.8 Å². The molecule has 1 aromatic heterocycles. The Morgan fingerprint density at radius 3 is 2.70 bits per heavy atom. The fourth-order valence-electron chi connectivity index (χ4n) is 3.24. The first-order valence-electron chi connectivity index (χ1n) is 9.23. The van der Waals surface area contributed by atoms with Gasteiger partial charge in [-0.2, -0.15) is 0 Å². The highest BCUT2D eigenvalue weighted by molar-refractivity contribution is 5.93. The molecule has 0 aliphatic heterocycles. The van der Waals surface area contributed by atoms with Gasteiger partial charge in [-0.25, -0.2) is 14.3 Å². The first-order valence-corrected chi connectivity index (χ1v) is 9.23. The van der Waals surface area contributed by atoms with E-state index in [1.54, 1.807) is 29.9 Å². The molecule has 27 heavy (non-hydrogen) atoms. The molecule has 2 aromatic rings. The van der Waals surface area contributed by atoms with Gasteiger partial charge in [0.25, 0.3) is 0 Å². The Bertz CT molecular complexity index is 840. The summed E-state index contributed by atoms with van der Waals surface area (Å²) in [6.07, 6.45) is 2.51. The lowest BCUT2D eigenvalue weighted by Crippen LogP contribution is -2.48. The maximum atomic E-state index is 12.6. The van der Waals surface area contributed by atoms with Gasteiger partial charge in [0.1, 0.15) is 17.2 Å². The summed E-state index contributed by atoms with van der Waals surface area (Å²) in [7, 11) is 1.79. The van der Waals surface area contributed by atoms with E-state index in [2.05, 4.69) is 15.6 Å². The van der Waals surface area contributed by atoms with E-state index in [1.807, 2.05) is 20.8 Å². The van der Waals surface area contributed by atoms with Crippen LogP contribution in [0.4, 0.5) is 4.79 Å². The third-order valence-electron chi connectivity index (χ3n) is 4.51. The molecule has 0 saturated heterocycles. The van der Waals surface area contributed by atoms with Gasteiger partial charge in [-0.05, 0) is 58.2 Å². The number of nitrogens with zero attached hydrogens (tertiary/aromatic N) is 3. The number of aromatic nitrogens is 3. The van der Waals surface area contributed by atoms with Gasteiger partial charge in [-0.15, -0.1) is 5.10 Å². The SMILES string of the molecule is Cn1nnc2cc(C(=O)O[C@@H]3CCCC[C@H]3NC(=O)OC(C)(C)C)ccc21. The molecule has 0 radical (unpaired) electrons. The third kappa shape index (κ3) is 4.75. The molecule has 1 aliphatic rings. The van der Waals surface area contributed by atoms with Gasteiger partial charge in [0.05, 0.1) is 17.1 Å². The number of rotatable bonds is 3. The van der Waals surface area contributed by atoms with Crippen LogP contribution in [0.15, 0.2) is 18.2 Å². The average Bonchev–Trinajstić information content (AvgIpc) is 2.95. The van der Waals surface area contributed by atoms with E-state index in [0.29, 0.717) is 17.5 Å². The Hall–Kier alpha value is -2.64. The molecule has 1 amide bonds. The molecule has 1 N–H and O–H groups in total. The lowest BCUT2D eigenvalue weighted by Gasteiger charge is -2.32. The largest absolute Gasteiger partial charge is 0.457 e. The number of carbonyl (C=O) groups is 2. The molecule has 0 bridgehead atoms. The van der Waals surface area contributed by atoms with Crippen LogP contribution >= 0.6 is 0 Å². The number of esters is 1. The van der Waals surface area contributed by atoms with Crippen molar-refractivity contribution in [2.24, 2.45) is 7.05 Å². The fraction of sp³-hybridized carbons (Fsp3) is 0.579. The molecular formula is C19H26N4O4. The highest BCUT2D eigenvalue weighted by Crippen LogP contribution is 2.23. The lowest BCUT2D eigenvalue weighted by molar-refractivity contribution is 0.00433. The summed E-state index contributed by atoms with van der Waals surface area (Å²) < 4.78 is 12.7. The van der Waals surface area contributed by atoms with Crippen LogP contribution in [0.25, 0.3) is 11.0 Å². The van der Waals surface area contributed by atoms with Crippen molar-refractivity contribution in [2.75, 3.05) is 0 Å². The van der Waals surface area contributed by atoms with Crippen LogP contribution in [0.2, 0.25) is 0 Å². The van der Waals surface area contributed by atoms with Crippen molar-refractivity contribution < 1.29 is 19.1 Å². The summed E-state index contributed by atoms with van der Waals surface area (Å²) in [5, 5.41) is 10.8. The first kappa shape index (κ1) is 19.1. The number of hydrogen-bond donors (Lipinski definition) is 1. The number of alkyl carbamates (subject to hydrolysis) is 1. The third-order valence-corrected chi connectivity index (χ3v) is 4.51. The minimum atomic E-state index is -0.572. The standard InChI is InChI=1S/C19H26N4O4/c1-19(2,3)27-18(25)20-13-7-5-6-8-16(13)26-17(24)12-9-10-15-14(11-12)21-22-23(15)4/h9-11,13,16H,5-8H2,1-4H3,(H,20,25)/t13-,16-/m1/s1. The van der Waals surface area contributed by atoms with Crippen molar-refractivity contribution in [3.05, 3.63) is 23.8 Å². The number of ether oxygens (including phenoxy) is 2. The Balaban J connectivity index is 1.67. The molecule has 1 aromatic carbocycles. The fourth-order valence-corrected chi connectivity index (χ4v) is 3.24. The zero-order valence-corrected chi connectivity index (χ0v) is 16.2. The highest BCUT2D eigenvalue weighted by atomic mass is 16.6. The van der Waals surface area contributed by atoms with Crippen molar-refractivity contribution >= 4 is 23.1 Å². The first-order chi connectivity index (χ1) is 12.7. The van der Waals surface area contributed by atoms with Gasteiger partial charge >= 0.3 is 12.1 Å². The number of hydrogen-bond acceptors (Lipinski definition) is 6. The molecule has 1 heterocycles. The Morgan fingerprint density at radius 2 is 1.96 bits per heavy atom. The van der Waals surface area contributed by atoms with Crippen LogP contribution in [0, 0.1) is 0 Å². The van der Waals surface area contributed by atoms with E-state index in [-0.39, 0.29) is 12.1 Å². The molecule has 1 aliphatic carbocycles. The summed E-state index contributed by atoms with van der Waals surface area (Å²) in [6, 6.07) is 4.91. The number of amides is 1. The van der Waals surface area contributed by atoms with Crippen LogP contribution in [-0.2, 0) is 16.5 Å². The predicted molar refractivity (Wildman–Crippen MR) is 99.3 cm³/mol. The van der Waals surface area contributed by atoms with Crippen LogP contribution in [0.5, 0.6) is 0 Å². The van der Waals surface area contributed by atoms with Crippen LogP contribution < -0.4 is 5.32 Å². The van der Waals surface area contributed by atoms with Crippen molar-refractivity contribution in [3.8, 4) is 0 Å². The number of aryl methyl sites for hydroxylation is 1. The molecule has 146 valence electrons. The van der Waals surface area contributed by atoms with Crippen LogP contribution in [0.1, 0.15) is 56.8 Å². The van der Waals surface area contributed by atoms with Gasteiger partial charge in [0.2, 0.25) is 0 Å². The van der Waals surface area contributed by atoms with E-state index >= 15 is 0 Å². The van der Waals surface area contributed by atoms with Crippen molar-refractivity contribution in [2.45, 2.75) is 64.2 Å². The molecule has 3 rings (SSSR count). The average molecular weight is 374 g/mol. The quantitative estimate of drug-likeness (QED) is 0.830. The Morgan fingerprint density at radius 1 is 1.22 bits per heavy atom. The number of benzene rings is 1. The second kappa shape index (κ2) is 7.54. The highest BCUT2D eigenvalue weighted by Gasteiger charge is 2.31. The van der Waals surface area contributed by atoms with Gasteiger partial charge in [0, 0.05) is 7.05 Å². The maximum absolute atomic E-state index is 12.6. The summed E-state index contributed by atoms with van der Waals surface area (Å²) in [4.78, 5) is 24.7. The minimum absolute atomic E-state index is 0.252. The zero-order valence-electron chi connectivity index (χ0n) is 16.2. The molecule has 1 saturated carbocycles. The second-order valence-corrected chi connectivity index (χ2v) is 7.90. The van der Waals surface area contributed by atoms with Crippen LogP contribution in [0.3, 0.4) is 0 Å². The maximum Gasteiger partial charge on any atom is 0.408 e. The molecular weight excluding hydrogens is 348 g/mol. The summed E-state index contributed by atoms with van der Waals surface area (Å²) >= 11 is 0. The number of nitrogens with one attached hydrogen (secondary N) is 1. The zero-order chi connectivity index (χ0) is 19.6. The molecule has 0 spiro atoms. The number of carbonyl (C=O) groups excluding carboxylic acids is 2. The minimum Gasteiger partial charge on any atom is -0.457 e. The smallest absolute Gasteiger partial charge is 0.408 e. The normalized spacial score (nSPS) is 20.3. The lowest BCUT2D eigenvalue weighted by atomic mass is 9.92. The van der Waals surface area contributed by atoms with Gasteiger partial charge < -0.3 is 14.8 Å².